The van der Waals surface area contributed by atoms with Crippen LogP contribution in [0.2, 0.25) is 5.02 Å². The van der Waals surface area contributed by atoms with Gasteiger partial charge in [0.15, 0.2) is 0 Å². The van der Waals surface area contributed by atoms with Crippen LogP contribution >= 0.6 is 11.6 Å². The maximum Gasteiger partial charge on any atom is 0.125 e. The number of halogens is 1. The van der Waals surface area contributed by atoms with E-state index in [1.54, 1.807) is 0 Å². The van der Waals surface area contributed by atoms with Crippen molar-refractivity contribution >= 4 is 11.6 Å². The Hall–Kier alpha value is -0.730. The highest BCUT2D eigenvalue weighted by molar-refractivity contribution is 6.30. The molecule has 0 bridgehead atoms. The van der Waals surface area contributed by atoms with Gasteiger partial charge >= 0.3 is 0 Å². The van der Waals surface area contributed by atoms with Crippen molar-refractivity contribution in [3.8, 4) is 5.75 Å². The molecule has 1 aromatic carbocycles. The van der Waals surface area contributed by atoms with Crippen molar-refractivity contribution in [3.63, 3.8) is 0 Å². The number of hydrogen-bond donors (Lipinski definition) is 1. The molecule has 1 aromatic rings. The van der Waals surface area contributed by atoms with Crippen LogP contribution in [0.1, 0.15) is 44.7 Å². The maximum atomic E-state index is 6.25. The molecule has 1 aliphatic rings. The molecular weight excluding hydrogens is 270 g/mol. The van der Waals surface area contributed by atoms with Gasteiger partial charge in [-0.2, -0.15) is 0 Å². The van der Waals surface area contributed by atoms with Crippen molar-refractivity contribution in [1.29, 1.82) is 0 Å². The third-order valence-electron chi connectivity index (χ3n) is 3.85. The smallest absolute Gasteiger partial charge is 0.125 e. The number of hydrogen-bond acceptors (Lipinski definition) is 2. The van der Waals surface area contributed by atoms with Gasteiger partial charge < -0.3 is 10.1 Å². The Morgan fingerprint density at radius 1 is 1.35 bits per heavy atom. The van der Waals surface area contributed by atoms with Crippen molar-refractivity contribution in [3.05, 3.63) is 28.3 Å². The molecule has 0 aliphatic carbocycles. The summed E-state index contributed by atoms with van der Waals surface area (Å²) in [4.78, 5) is 0. The summed E-state index contributed by atoms with van der Waals surface area (Å²) in [6.45, 7) is 8.51. The molecular formula is C17H26ClNO. The average molecular weight is 296 g/mol. The summed E-state index contributed by atoms with van der Waals surface area (Å²) in [6, 6.07) is 4.67. The van der Waals surface area contributed by atoms with Crippen molar-refractivity contribution in [2.75, 3.05) is 13.2 Å². The molecule has 2 rings (SSSR count). The molecule has 112 valence electrons. The quantitative estimate of drug-likeness (QED) is 0.813. The molecule has 1 atom stereocenters. The van der Waals surface area contributed by atoms with Crippen LogP contribution in [0.5, 0.6) is 5.75 Å². The van der Waals surface area contributed by atoms with E-state index in [1.165, 1.54) is 24.0 Å². The molecule has 1 N–H and O–H groups in total. The van der Waals surface area contributed by atoms with E-state index in [4.69, 9.17) is 16.3 Å². The lowest BCUT2D eigenvalue weighted by atomic mass is 9.93. The van der Waals surface area contributed by atoms with Gasteiger partial charge in [-0.1, -0.05) is 38.8 Å². The summed E-state index contributed by atoms with van der Waals surface area (Å²) in [6.07, 6.45) is 4.50. The third-order valence-corrected chi connectivity index (χ3v) is 4.06. The van der Waals surface area contributed by atoms with Crippen LogP contribution in [0.3, 0.4) is 0 Å². The van der Waals surface area contributed by atoms with Gasteiger partial charge in [0.05, 0.1) is 6.61 Å². The molecule has 0 spiro atoms. The predicted molar refractivity (Wildman–Crippen MR) is 85.9 cm³/mol. The molecule has 0 saturated heterocycles. The summed E-state index contributed by atoms with van der Waals surface area (Å²) < 4.78 is 5.81. The zero-order valence-corrected chi connectivity index (χ0v) is 13.6. The molecule has 1 aliphatic heterocycles. The number of rotatable bonds is 7. The van der Waals surface area contributed by atoms with Gasteiger partial charge in [-0.3, -0.25) is 0 Å². The van der Waals surface area contributed by atoms with E-state index >= 15 is 0 Å². The van der Waals surface area contributed by atoms with Gasteiger partial charge in [0, 0.05) is 17.5 Å². The molecule has 0 saturated carbocycles. The van der Waals surface area contributed by atoms with E-state index in [0.29, 0.717) is 12.0 Å². The van der Waals surface area contributed by atoms with Gasteiger partial charge in [-0.25, -0.2) is 0 Å². The Labute approximate surface area is 127 Å². The predicted octanol–water partition coefficient (Wildman–Crippen LogP) is 4.23. The van der Waals surface area contributed by atoms with Crippen LogP contribution in [-0.2, 0) is 12.8 Å². The van der Waals surface area contributed by atoms with Crippen molar-refractivity contribution in [2.45, 2.75) is 52.5 Å². The minimum atomic E-state index is 0.538. The fourth-order valence-corrected chi connectivity index (χ4v) is 3.16. The fraction of sp³-hybridized carbons (Fsp3) is 0.647. The second-order valence-corrected chi connectivity index (χ2v) is 6.51. The summed E-state index contributed by atoms with van der Waals surface area (Å²) in [7, 11) is 0. The fourth-order valence-electron chi connectivity index (χ4n) is 2.90. The van der Waals surface area contributed by atoms with Gasteiger partial charge in [-0.05, 0) is 48.6 Å². The first-order valence-electron chi connectivity index (χ1n) is 7.77. The first kappa shape index (κ1) is 15.7. The number of ether oxygens (including phenoxy) is 1. The van der Waals surface area contributed by atoms with Gasteiger partial charge in [0.25, 0.3) is 0 Å². The maximum absolute atomic E-state index is 6.25. The minimum absolute atomic E-state index is 0.538. The van der Waals surface area contributed by atoms with E-state index in [-0.39, 0.29) is 0 Å². The molecule has 0 fully saturated rings. The lowest BCUT2D eigenvalue weighted by molar-refractivity contribution is 0.347. The van der Waals surface area contributed by atoms with E-state index in [9.17, 15) is 0 Å². The molecule has 3 heteroatoms. The number of fused-ring (bicyclic) bond motifs is 1. The first-order chi connectivity index (χ1) is 9.60. The zero-order valence-electron chi connectivity index (χ0n) is 12.8. The SMILES string of the molecule is CCCC(CNC(C)C)Cc1cc(Cl)cc2c1OCC2. The van der Waals surface area contributed by atoms with Crippen LogP contribution in [-0.4, -0.2) is 19.2 Å². The van der Waals surface area contributed by atoms with Gasteiger partial charge in [0.2, 0.25) is 0 Å². The average Bonchev–Trinajstić information content (AvgIpc) is 2.84. The Morgan fingerprint density at radius 3 is 2.85 bits per heavy atom. The van der Waals surface area contributed by atoms with Crippen molar-refractivity contribution in [2.24, 2.45) is 5.92 Å². The molecule has 0 radical (unpaired) electrons. The third kappa shape index (κ3) is 4.13. The van der Waals surface area contributed by atoms with Crippen LogP contribution in [0.4, 0.5) is 0 Å². The Balaban J connectivity index is 2.10. The highest BCUT2D eigenvalue weighted by Gasteiger charge is 2.20. The van der Waals surface area contributed by atoms with E-state index in [0.717, 1.165) is 36.8 Å². The lowest BCUT2D eigenvalue weighted by Crippen LogP contribution is -2.30. The second-order valence-electron chi connectivity index (χ2n) is 6.07. The van der Waals surface area contributed by atoms with Crippen LogP contribution in [0, 0.1) is 5.92 Å². The van der Waals surface area contributed by atoms with E-state index in [1.807, 2.05) is 0 Å². The summed E-state index contributed by atoms with van der Waals surface area (Å²) >= 11 is 6.25. The first-order valence-corrected chi connectivity index (χ1v) is 8.15. The lowest BCUT2D eigenvalue weighted by Gasteiger charge is -2.20. The standard InChI is InChI=1S/C17H26ClNO/c1-4-5-13(11-19-12(2)3)8-15-10-16(18)9-14-6-7-20-17(14)15/h9-10,12-13,19H,4-8,11H2,1-3H3. The molecule has 1 heterocycles. The summed E-state index contributed by atoms with van der Waals surface area (Å²) in [5, 5.41) is 4.40. The van der Waals surface area contributed by atoms with Crippen LogP contribution < -0.4 is 10.1 Å². The molecule has 1 unspecified atom stereocenters. The molecule has 20 heavy (non-hydrogen) atoms. The topological polar surface area (TPSA) is 21.3 Å². The molecule has 0 amide bonds. The monoisotopic (exact) mass is 295 g/mol. The highest BCUT2D eigenvalue weighted by atomic mass is 35.5. The Kier molecular flexibility index (Phi) is 5.74. The molecule has 2 nitrogen and oxygen atoms in total. The highest BCUT2D eigenvalue weighted by Crippen LogP contribution is 2.34. The summed E-state index contributed by atoms with van der Waals surface area (Å²) in [5.41, 5.74) is 2.56. The normalized spacial score (nSPS) is 15.2. The van der Waals surface area contributed by atoms with Gasteiger partial charge in [0.1, 0.15) is 5.75 Å². The number of benzene rings is 1. The second kappa shape index (κ2) is 7.33. The van der Waals surface area contributed by atoms with Crippen molar-refractivity contribution < 1.29 is 4.74 Å². The van der Waals surface area contributed by atoms with Gasteiger partial charge in [-0.15, -0.1) is 0 Å². The van der Waals surface area contributed by atoms with E-state index in [2.05, 4.69) is 38.2 Å². The number of nitrogens with one attached hydrogen (secondary N) is 1. The Bertz CT molecular complexity index is 445. The Morgan fingerprint density at radius 2 is 2.15 bits per heavy atom. The minimum Gasteiger partial charge on any atom is -0.493 e. The summed E-state index contributed by atoms with van der Waals surface area (Å²) in [5.74, 6) is 1.74. The molecule has 0 aromatic heterocycles. The zero-order chi connectivity index (χ0) is 14.5. The van der Waals surface area contributed by atoms with E-state index < -0.39 is 0 Å². The largest absolute Gasteiger partial charge is 0.493 e. The van der Waals surface area contributed by atoms with Crippen molar-refractivity contribution in [1.82, 2.24) is 5.32 Å². The van der Waals surface area contributed by atoms with Crippen LogP contribution in [0.25, 0.3) is 0 Å². The van der Waals surface area contributed by atoms with Crippen LogP contribution in [0.15, 0.2) is 12.1 Å².